The second kappa shape index (κ2) is 3.23. The van der Waals surface area contributed by atoms with Crippen molar-refractivity contribution in [2.45, 2.75) is 4.90 Å². The highest BCUT2D eigenvalue weighted by Crippen LogP contribution is 2.15. The molecule has 0 amide bonds. The van der Waals surface area contributed by atoms with Crippen molar-refractivity contribution >= 4 is 11.8 Å². The standard InChI is InChI=1S/C7H3FNS/c8-6-2-1-3-7(4-6)10-5-9/h1,3-4H. The quantitative estimate of drug-likeness (QED) is 0.455. The highest BCUT2D eigenvalue weighted by Gasteiger charge is 1.93. The Bertz CT molecular complexity index is 267. The number of hydrogen-bond acceptors (Lipinski definition) is 2. The van der Waals surface area contributed by atoms with E-state index in [1.165, 1.54) is 12.1 Å². The zero-order chi connectivity index (χ0) is 7.40. The van der Waals surface area contributed by atoms with Gasteiger partial charge in [-0.25, -0.2) is 4.39 Å². The summed E-state index contributed by atoms with van der Waals surface area (Å²) in [5.74, 6) is -0.430. The van der Waals surface area contributed by atoms with Gasteiger partial charge in [0.1, 0.15) is 11.2 Å². The summed E-state index contributed by atoms with van der Waals surface area (Å²) < 4.78 is 12.3. The molecule has 3 heteroatoms. The smallest absolute Gasteiger partial charge is 0.138 e. The van der Waals surface area contributed by atoms with E-state index in [4.69, 9.17) is 5.26 Å². The Morgan fingerprint density at radius 2 is 2.50 bits per heavy atom. The predicted octanol–water partition coefficient (Wildman–Crippen LogP) is 2.20. The second-order valence-electron chi connectivity index (χ2n) is 1.57. The predicted molar refractivity (Wildman–Crippen MR) is 36.7 cm³/mol. The maximum absolute atomic E-state index is 12.3. The molecule has 0 aliphatic rings. The van der Waals surface area contributed by atoms with Gasteiger partial charge < -0.3 is 0 Å². The highest BCUT2D eigenvalue weighted by atomic mass is 32.2. The Hall–Kier alpha value is -1.01. The topological polar surface area (TPSA) is 23.8 Å². The van der Waals surface area contributed by atoms with Crippen molar-refractivity contribution in [1.82, 2.24) is 0 Å². The van der Waals surface area contributed by atoms with Gasteiger partial charge in [-0.05, 0) is 23.9 Å². The average molecular weight is 152 g/mol. The van der Waals surface area contributed by atoms with Gasteiger partial charge in [0, 0.05) is 11.0 Å². The summed E-state index contributed by atoms with van der Waals surface area (Å²) in [6, 6.07) is 6.70. The van der Waals surface area contributed by atoms with E-state index >= 15 is 0 Å². The average Bonchev–Trinajstić information content (AvgIpc) is 1.88. The molecular weight excluding hydrogens is 149 g/mol. The molecule has 0 unspecified atom stereocenters. The summed E-state index contributed by atoms with van der Waals surface area (Å²) in [5.41, 5.74) is 0. The highest BCUT2D eigenvalue weighted by molar-refractivity contribution is 8.03. The molecule has 1 aromatic rings. The van der Waals surface area contributed by atoms with E-state index in [-0.39, 0.29) is 0 Å². The van der Waals surface area contributed by atoms with E-state index < -0.39 is 5.82 Å². The van der Waals surface area contributed by atoms with Crippen LogP contribution in [0.1, 0.15) is 0 Å². The Balaban J connectivity index is 2.87. The molecule has 1 nitrogen and oxygen atoms in total. The Kier molecular flexibility index (Phi) is 2.30. The van der Waals surface area contributed by atoms with E-state index in [1.54, 1.807) is 6.07 Å². The first-order valence-corrected chi connectivity index (χ1v) is 3.38. The largest absolute Gasteiger partial charge is 0.206 e. The van der Waals surface area contributed by atoms with Crippen LogP contribution in [0.3, 0.4) is 0 Å². The number of thiocyanates is 1. The minimum absolute atomic E-state index is 0.430. The van der Waals surface area contributed by atoms with E-state index in [0.717, 1.165) is 11.8 Å². The molecule has 0 aliphatic carbocycles. The number of halogens is 1. The van der Waals surface area contributed by atoms with Crippen LogP contribution in [-0.4, -0.2) is 0 Å². The number of hydrogen-bond donors (Lipinski definition) is 0. The third-order valence-electron chi connectivity index (χ3n) is 0.901. The number of rotatable bonds is 1. The van der Waals surface area contributed by atoms with Crippen LogP contribution in [0.5, 0.6) is 0 Å². The third kappa shape index (κ3) is 1.74. The molecule has 0 saturated carbocycles. The lowest BCUT2D eigenvalue weighted by atomic mass is 10.4. The van der Waals surface area contributed by atoms with Gasteiger partial charge >= 0.3 is 0 Å². The SMILES string of the molecule is N#CSc1cc[c]c(F)c1. The fourth-order valence-corrected chi connectivity index (χ4v) is 0.938. The lowest BCUT2D eigenvalue weighted by Crippen LogP contribution is -1.72. The molecule has 0 aliphatic heterocycles. The second-order valence-corrected chi connectivity index (χ2v) is 2.42. The van der Waals surface area contributed by atoms with E-state index in [9.17, 15) is 4.39 Å². The Labute approximate surface area is 62.5 Å². The Morgan fingerprint density at radius 3 is 3.10 bits per heavy atom. The Morgan fingerprint density at radius 1 is 1.70 bits per heavy atom. The van der Waals surface area contributed by atoms with Crippen molar-refractivity contribution in [3.63, 3.8) is 0 Å². The minimum Gasteiger partial charge on any atom is -0.206 e. The fraction of sp³-hybridized carbons (Fsp3) is 0. The van der Waals surface area contributed by atoms with Gasteiger partial charge in [0.15, 0.2) is 0 Å². The normalized spacial score (nSPS) is 8.80. The number of benzene rings is 1. The lowest BCUT2D eigenvalue weighted by molar-refractivity contribution is 0.622. The molecule has 0 fully saturated rings. The van der Waals surface area contributed by atoms with E-state index in [1.807, 2.05) is 5.40 Å². The van der Waals surface area contributed by atoms with Gasteiger partial charge in [-0.3, -0.25) is 0 Å². The third-order valence-corrected chi connectivity index (χ3v) is 1.48. The maximum Gasteiger partial charge on any atom is 0.138 e. The maximum atomic E-state index is 12.3. The number of nitriles is 1. The summed E-state index contributed by atoms with van der Waals surface area (Å²) in [5, 5.41) is 10.0. The van der Waals surface area contributed by atoms with Crippen molar-refractivity contribution < 1.29 is 4.39 Å². The van der Waals surface area contributed by atoms with Crippen molar-refractivity contribution in [2.75, 3.05) is 0 Å². The molecule has 1 radical (unpaired) electrons. The van der Waals surface area contributed by atoms with Crippen LogP contribution < -0.4 is 0 Å². The molecule has 49 valence electrons. The summed E-state index contributed by atoms with van der Waals surface area (Å²) in [6.45, 7) is 0. The number of thioether (sulfide) groups is 1. The summed E-state index contributed by atoms with van der Waals surface area (Å²) in [4.78, 5) is 0.610. The zero-order valence-corrected chi connectivity index (χ0v) is 5.78. The molecule has 0 atom stereocenters. The fourth-order valence-electron chi connectivity index (χ4n) is 0.534. The van der Waals surface area contributed by atoms with Gasteiger partial charge in [-0.15, -0.1) is 0 Å². The zero-order valence-electron chi connectivity index (χ0n) is 4.97. The summed E-state index contributed by atoms with van der Waals surface area (Å²) >= 11 is 0.935. The van der Waals surface area contributed by atoms with Crippen LogP contribution in [-0.2, 0) is 0 Å². The van der Waals surface area contributed by atoms with Crippen molar-refractivity contribution in [3.05, 3.63) is 30.1 Å². The lowest BCUT2D eigenvalue weighted by Gasteiger charge is -1.89. The molecule has 0 spiro atoms. The van der Waals surface area contributed by atoms with E-state index in [0.29, 0.717) is 4.90 Å². The first-order chi connectivity index (χ1) is 4.83. The number of nitrogens with zero attached hydrogens (tertiary/aromatic N) is 1. The minimum atomic E-state index is -0.430. The van der Waals surface area contributed by atoms with Gasteiger partial charge in [0.05, 0.1) is 0 Å². The molecule has 0 heterocycles. The monoisotopic (exact) mass is 152 g/mol. The van der Waals surface area contributed by atoms with E-state index in [2.05, 4.69) is 6.07 Å². The van der Waals surface area contributed by atoms with Gasteiger partial charge in [0.25, 0.3) is 0 Å². The molecule has 1 rings (SSSR count). The molecule has 0 N–H and O–H groups in total. The van der Waals surface area contributed by atoms with Gasteiger partial charge in [0.2, 0.25) is 0 Å². The van der Waals surface area contributed by atoms with Crippen LogP contribution in [0.2, 0.25) is 0 Å². The molecule has 0 aromatic heterocycles. The van der Waals surface area contributed by atoms with Crippen LogP contribution in [0.25, 0.3) is 0 Å². The van der Waals surface area contributed by atoms with Crippen LogP contribution in [0.4, 0.5) is 4.39 Å². The van der Waals surface area contributed by atoms with Crippen molar-refractivity contribution in [1.29, 1.82) is 5.26 Å². The first-order valence-electron chi connectivity index (χ1n) is 2.56. The van der Waals surface area contributed by atoms with Gasteiger partial charge in [-0.2, -0.15) is 5.26 Å². The molecule has 1 aromatic carbocycles. The summed E-state index contributed by atoms with van der Waals surface area (Å²) in [7, 11) is 0. The molecule has 10 heavy (non-hydrogen) atoms. The molecule has 0 saturated heterocycles. The molecule has 0 bridgehead atoms. The van der Waals surface area contributed by atoms with Crippen LogP contribution in [0, 0.1) is 22.5 Å². The van der Waals surface area contributed by atoms with Crippen LogP contribution in [0.15, 0.2) is 23.1 Å². The van der Waals surface area contributed by atoms with Crippen molar-refractivity contribution in [3.8, 4) is 5.40 Å². The molecular formula is C7H3FNS. The summed E-state index contributed by atoms with van der Waals surface area (Å²) in [6.07, 6.45) is 0. The van der Waals surface area contributed by atoms with Gasteiger partial charge in [-0.1, -0.05) is 6.07 Å². The first kappa shape index (κ1) is 7.10. The van der Waals surface area contributed by atoms with Crippen LogP contribution >= 0.6 is 11.8 Å². The van der Waals surface area contributed by atoms with Crippen molar-refractivity contribution in [2.24, 2.45) is 0 Å².